The molecule has 0 spiro atoms. The maximum Gasteiger partial charge on any atom is 0.0215 e. The van der Waals surface area contributed by atoms with E-state index in [1.54, 1.807) is 0 Å². The summed E-state index contributed by atoms with van der Waals surface area (Å²) in [5, 5.41) is 7.96. The Morgan fingerprint density at radius 3 is 2.05 bits per heavy atom. The normalized spacial score (nSPS) is 10.8. The number of hydrogen-bond acceptors (Lipinski definition) is 1. The molecular weight excluding hydrogens is 357 g/mol. The number of halogens is 1. The SMILES string of the molecule is Ic1cccc2ccc3cc4ccccc4cc3c12.N. The van der Waals surface area contributed by atoms with Crippen LogP contribution in [0, 0.1) is 3.57 Å². The first-order chi connectivity index (χ1) is 9.33. The highest BCUT2D eigenvalue weighted by Gasteiger charge is 2.05. The van der Waals surface area contributed by atoms with E-state index in [2.05, 4.69) is 89.3 Å². The fourth-order valence-corrected chi connectivity index (χ4v) is 3.57. The van der Waals surface area contributed by atoms with E-state index in [1.807, 2.05) is 0 Å². The number of hydrogen-bond donors (Lipinski definition) is 1. The molecule has 0 radical (unpaired) electrons. The van der Waals surface area contributed by atoms with Gasteiger partial charge in [0.25, 0.3) is 0 Å². The molecule has 20 heavy (non-hydrogen) atoms. The zero-order valence-electron chi connectivity index (χ0n) is 10.9. The van der Waals surface area contributed by atoms with Gasteiger partial charge in [0.05, 0.1) is 0 Å². The summed E-state index contributed by atoms with van der Waals surface area (Å²) < 4.78 is 1.32. The van der Waals surface area contributed by atoms with Gasteiger partial charge in [-0.15, -0.1) is 0 Å². The van der Waals surface area contributed by atoms with Crippen LogP contribution < -0.4 is 6.15 Å². The molecule has 0 fully saturated rings. The number of benzene rings is 4. The van der Waals surface area contributed by atoms with Gasteiger partial charge < -0.3 is 6.15 Å². The average molecular weight is 371 g/mol. The number of rotatable bonds is 0. The summed E-state index contributed by atoms with van der Waals surface area (Å²) in [4.78, 5) is 0. The van der Waals surface area contributed by atoms with E-state index in [1.165, 1.54) is 35.9 Å². The summed E-state index contributed by atoms with van der Waals surface area (Å²) in [6, 6.07) is 24.1. The van der Waals surface area contributed by atoms with E-state index in [9.17, 15) is 0 Å². The van der Waals surface area contributed by atoms with Crippen LogP contribution >= 0.6 is 22.6 Å². The summed E-state index contributed by atoms with van der Waals surface area (Å²) in [7, 11) is 0. The van der Waals surface area contributed by atoms with Crippen LogP contribution in [0.15, 0.2) is 66.7 Å². The van der Waals surface area contributed by atoms with Crippen molar-refractivity contribution in [3.05, 3.63) is 70.3 Å². The minimum absolute atomic E-state index is 0. The van der Waals surface area contributed by atoms with E-state index in [0.29, 0.717) is 0 Å². The highest BCUT2D eigenvalue weighted by atomic mass is 127. The van der Waals surface area contributed by atoms with Gasteiger partial charge in [0.15, 0.2) is 0 Å². The molecule has 0 heterocycles. The van der Waals surface area contributed by atoms with E-state index in [0.717, 1.165) is 0 Å². The Hall–Kier alpha value is -1.65. The minimum Gasteiger partial charge on any atom is -0.344 e. The molecule has 2 heteroatoms. The van der Waals surface area contributed by atoms with Crippen molar-refractivity contribution >= 4 is 54.9 Å². The molecule has 0 aromatic heterocycles. The average Bonchev–Trinajstić information content (AvgIpc) is 2.45. The van der Waals surface area contributed by atoms with E-state index >= 15 is 0 Å². The van der Waals surface area contributed by atoms with Gasteiger partial charge in [-0.3, -0.25) is 0 Å². The lowest BCUT2D eigenvalue weighted by molar-refractivity contribution is 1.74. The largest absolute Gasteiger partial charge is 0.344 e. The number of fused-ring (bicyclic) bond motifs is 4. The van der Waals surface area contributed by atoms with E-state index in [4.69, 9.17) is 0 Å². The fraction of sp³-hybridized carbons (Fsp3) is 0. The summed E-state index contributed by atoms with van der Waals surface area (Å²) >= 11 is 2.43. The zero-order chi connectivity index (χ0) is 12.8. The molecule has 98 valence electrons. The molecule has 0 aliphatic carbocycles. The summed E-state index contributed by atoms with van der Waals surface area (Å²) in [5.41, 5.74) is 0. The van der Waals surface area contributed by atoms with Crippen LogP contribution in [0.2, 0.25) is 0 Å². The lowest BCUT2D eigenvalue weighted by atomic mass is 9.98. The molecule has 0 saturated heterocycles. The van der Waals surface area contributed by atoms with Crippen molar-refractivity contribution in [1.82, 2.24) is 6.15 Å². The first kappa shape index (κ1) is 13.3. The van der Waals surface area contributed by atoms with Gasteiger partial charge in [-0.2, -0.15) is 0 Å². The van der Waals surface area contributed by atoms with Crippen LogP contribution in [0.4, 0.5) is 0 Å². The first-order valence-corrected chi connectivity index (χ1v) is 7.40. The Bertz CT molecular complexity index is 928. The highest BCUT2D eigenvalue weighted by molar-refractivity contribution is 14.1. The van der Waals surface area contributed by atoms with Gasteiger partial charge >= 0.3 is 0 Å². The standard InChI is InChI=1S/C18H11I.H3N/c19-17-7-3-6-12-8-9-15-10-13-4-1-2-5-14(13)11-16(15)18(12)17;/h1-11H;1H3. The molecular formula is C18H14IN. The Balaban J connectivity index is 0.00000121. The van der Waals surface area contributed by atoms with Crippen molar-refractivity contribution in [2.24, 2.45) is 0 Å². The van der Waals surface area contributed by atoms with Gasteiger partial charge in [-0.05, 0) is 67.7 Å². The summed E-state index contributed by atoms with van der Waals surface area (Å²) in [6.45, 7) is 0. The molecule has 0 unspecified atom stereocenters. The van der Waals surface area contributed by atoms with Crippen LogP contribution in [0.1, 0.15) is 0 Å². The van der Waals surface area contributed by atoms with Crippen LogP contribution in [-0.4, -0.2) is 0 Å². The maximum absolute atomic E-state index is 2.43. The topological polar surface area (TPSA) is 35.0 Å². The van der Waals surface area contributed by atoms with Crippen molar-refractivity contribution in [3.8, 4) is 0 Å². The monoisotopic (exact) mass is 371 g/mol. The van der Waals surface area contributed by atoms with Crippen molar-refractivity contribution in [1.29, 1.82) is 0 Å². The second-order valence-corrected chi connectivity index (χ2v) is 5.99. The van der Waals surface area contributed by atoms with Gasteiger partial charge in [-0.25, -0.2) is 0 Å². The molecule has 0 aliphatic rings. The van der Waals surface area contributed by atoms with Crippen LogP contribution in [0.5, 0.6) is 0 Å². The molecule has 4 rings (SSSR count). The molecule has 3 N–H and O–H groups in total. The maximum atomic E-state index is 2.43. The molecule has 1 nitrogen and oxygen atoms in total. The highest BCUT2D eigenvalue weighted by Crippen LogP contribution is 2.32. The van der Waals surface area contributed by atoms with Gasteiger partial charge in [0.2, 0.25) is 0 Å². The Labute approximate surface area is 131 Å². The summed E-state index contributed by atoms with van der Waals surface area (Å²) in [6.07, 6.45) is 0. The van der Waals surface area contributed by atoms with Gasteiger partial charge in [0, 0.05) is 8.96 Å². The molecule has 4 aromatic carbocycles. The van der Waals surface area contributed by atoms with Crippen molar-refractivity contribution in [3.63, 3.8) is 0 Å². The van der Waals surface area contributed by atoms with Gasteiger partial charge in [0.1, 0.15) is 0 Å². The molecule has 0 atom stereocenters. The van der Waals surface area contributed by atoms with Crippen LogP contribution in [0.25, 0.3) is 32.3 Å². The van der Waals surface area contributed by atoms with E-state index < -0.39 is 0 Å². The zero-order valence-corrected chi connectivity index (χ0v) is 13.1. The second kappa shape index (κ2) is 5.04. The Morgan fingerprint density at radius 1 is 0.600 bits per heavy atom. The molecule has 0 bridgehead atoms. The lowest BCUT2D eigenvalue weighted by Gasteiger charge is -2.08. The molecule has 0 aliphatic heterocycles. The predicted molar refractivity (Wildman–Crippen MR) is 96.7 cm³/mol. The Kier molecular flexibility index (Phi) is 3.36. The smallest absolute Gasteiger partial charge is 0.0215 e. The van der Waals surface area contributed by atoms with Gasteiger partial charge in [-0.1, -0.05) is 48.5 Å². The second-order valence-electron chi connectivity index (χ2n) is 4.82. The van der Waals surface area contributed by atoms with Crippen molar-refractivity contribution in [2.45, 2.75) is 0 Å². The molecule has 4 aromatic rings. The third-order valence-electron chi connectivity index (χ3n) is 3.68. The fourth-order valence-electron chi connectivity index (χ4n) is 2.76. The molecule has 0 amide bonds. The third kappa shape index (κ3) is 1.96. The quantitative estimate of drug-likeness (QED) is 0.233. The summed E-state index contributed by atoms with van der Waals surface area (Å²) in [5.74, 6) is 0. The van der Waals surface area contributed by atoms with Crippen LogP contribution in [0.3, 0.4) is 0 Å². The lowest BCUT2D eigenvalue weighted by Crippen LogP contribution is -1.82. The van der Waals surface area contributed by atoms with Crippen molar-refractivity contribution in [2.75, 3.05) is 0 Å². The third-order valence-corrected chi connectivity index (χ3v) is 4.57. The minimum atomic E-state index is 0. The Morgan fingerprint density at radius 2 is 1.25 bits per heavy atom. The van der Waals surface area contributed by atoms with Crippen LogP contribution in [-0.2, 0) is 0 Å². The van der Waals surface area contributed by atoms with Crippen molar-refractivity contribution < 1.29 is 0 Å². The predicted octanol–water partition coefficient (Wildman–Crippen LogP) is 5.91. The molecule has 0 saturated carbocycles. The van der Waals surface area contributed by atoms with E-state index in [-0.39, 0.29) is 6.15 Å². The first-order valence-electron chi connectivity index (χ1n) is 6.33.